The molecule has 32 heavy (non-hydrogen) atoms. The van der Waals surface area contributed by atoms with E-state index in [0.717, 1.165) is 22.5 Å². The summed E-state index contributed by atoms with van der Waals surface area (Å²) >= 11 is 0. The predicted molar refractivity (Wildman–Crippen MR) is 107 cm³/mol. The first-order valence-electron chi connectivity index (χ1n) is 9.36. The van der Waals surface area contributed by atoms with Gasteiger partial charge in [0.15, 0.2) is 6.61 Å². The Balaban J connectivity index is 1.53. The third-order valence-electron chi connectivity index (χ3n) is 4.53. The zero-order valence-electron chi connectivity index (χ0n) is 16.5. The molecule has 2 aromatic carbocycles. The number of sulfonamides is 1. The molecule has 0 saturated heterocycles. The van der Waals surface area contributed by atoms with Gasteiger partial charge in [0.05, 0.1) is 16.1 Å². The molecule has 2 aromatic rings. The van der Waals surface area contributed by atoms with E-state index in [0.29, 0.717) is 11.8 Å². The van der Waals surface area contributed by atoms with Crippen LogP contribution in [0.25, 0.3) is 0 Å². The van der Waals surface area contributed by atoms with E-state index in [9.17, 15) is 30.8 Å². The highest BCUT2D eigenvalue weighted by molar-refractivity contribution is 7.89. The average Bonchev–Trinajstić information content (AvgIpc) is 2.75. The Hall–Kier alpha value is -2.96. The lowest BCUT2D eigenvalue weighted by atomic mass is 10.2. The Morgan fingerprint density at radius 1 is 1.12 bits per heavy atom. The highest BCUT2D eigenvalue weighted by Gasteiger charge is 2.33. The largest absolute Gasteiger partial charge is 0.416 e. The second kappa shape index (κ2) is 9.67. The van der Waals surface area contributed by atoms with Crippen LogP contribution < -0.4 is 10.8 Å². The van der Waals surface area contributed by atoms with E-state index in [2.05, 4.69) is 10.8 Å². The number of rotatable bonds is 7. The molecule has 172 valence electrons. The second-order valence-electron chi connectivity index (χ2n) is 6.79. The molecular weight excluding hydrogens is 454 g/mol. The molecule has 1 heterocycles. The summed E-state index contributed by atoms with van der Waals surface area (Å²) in [7, 11) is -4.12. The summed E-state index contributed by atoms with van der Waals surface area (Å²) in [5.74, 6) is -1.20. The van der Waals surface area contributed by atoms with Gasteiger partial charge in [0.1, 0.15) is 5.82 Å². The predicted octanol–water partition coefficient (Wildman–Crippen LogP) is 3.28. The molecule has 0 radical (unpaired) electrons. The van der Waals surface area contributed by atoms with E-state index in [1.807, 2.05) is 0 Å². The number of anilines is 1. The van der Waals surface area contributed by atoms with Crippen molar-refractivity contribution in [1.29, 1.82) is 0 Å². The zero-order chi connectivity index (χ0) is 23.4. The number of para-hydroxylation sites is 1. The number of carbonyl (C=O) groups excluding carboxylic acids is 1. The van der Waals surface area contributed by atoms with Crippen molar-refractivity contribution in [2.75, 3.05) is 25.0 Å². The van der Waals surface area contributed by atoms with Crippen LogP contribution in [0.1, 0.15) is 12.0 Å². The first-order chi connectivity index (χ1) is 15.1. The summed E-state index contributed by atoms with van der Waals surface area (Å²) < 4.78 is 78.5. The minimum Gasteiger partial charge on any atom is -0.321 e. The maximum atomic E-state index is 13.5. The van der Waals surface area contributed by atoms with Gasteiger partial charge in [0.25, 0.3) is 5.91 Å². The Kier molecular flexibility index (Phi) is 7.16. The summed E-state index contributed by atoms with van der Waals surface area (Å²) in [5.41, 5.74) is 1.99. The molecule has 0 atom stereocenters. The van der Waals surface area contributed by atoms with Gasteiger partial charge in [-0.05, 0) is 36.4 Å². The molecule has 1 aliphatic rings. The molecule has 3 rings (SSSR count). The summed E-state index contributed by atoms with van der Waals surface area (Å²) in [6.07, 6.45) is -2.98. The van der Waals surface area contributed by atoms with Crippen LogP contribution in [0.3, 0.4) is 0 Å². The Morgan fingerprint density at radius 3 is 2.53 bits per heavy atom. The quantitative estimate of drug-likeness (QED) is 0.476. The van der Waals surface area contributed by atoms with E-state index >= 15 is 0 Å². The fourth-order valence-electron chi connectivity index (χ4n) is 2.89. The van der Waals surface area contributed by atoms with Crippen LogP contribution in [0.5, 0.6) is 0 Å². The number of hydrogen-bond acceptors (Lipinski definition) is 5. The lowest BCUT2D eigenvalue weighted by Gasteiger charge is -2.26. The van der Waals surface area contributed by atoms with Gasteiger partial charge < -0.3 is 5.32 Å². The Morgan fingerprint density at radius 2 is 1.88 bits per heavy atom. The molecule has 1 aliphatic heterocycles. The number of alkyl halides is 3. The van der Waals surface area contributed by atoms with E-state index in [1.165, 1.54) is 24.3 Å². The van der Waals surface area contributed by atoms with E-state index < -0.39 is 45.0 Å². The number of nitrogens with zero attached hydrogens (tertiary/aromatic N) is 1. The zero-order valence-corrected chi connectivity index (χ0v) is 17.3. The molecule has 0 bridgehead atoms. The van der Waals surface area contributed by atoms with Crippen LogP contribution in [0.4, 0.5) is 23.2 Å². The number of halogens is 4. The highest BCUT2D eigenvalue weighted by Crippen LogP contribution is 2.31. The maximum absolute atomic E-state index is 13.5. The lowest BCUT2D eigenvalue weighted by molar-refractivity contribution is -0.137. The van der Waals surface area contributed by atoms with Crippen molar-refractivity contribution in [3.8, 4) is 0 Å². The molecule has 12 heteroatoms. The SMILES string of the molecule is O=C(CONC1=CCN(S(=O)(=O)c2cccc(C(F)(F)F)c2)CC1)Nc1ccccc1F. The molecule has 0 aromatic heterocycles. The third-order valence-corrected chi connectivity index (χ3v) is 6.39. The van der Waals surface area contributed by atoms with E-state index in [4.69, 9.17) is 4.84 Å². The van der Waals surface area contributed by atoms with Crippen LogP contribution in [0.15, 0.2) is 65.2 Å². The Labute approximate surface area is 181 Å². The van der Waals surface area contributed by atoms with Gasteiger partial charge in [0, 0.05) is 25.2 Å². The van der Waals surface area contributed by atoms with E-state index in [1.54, 1.807) is 6.07 Å². The van der Waals surface area contributed by atoms with Crippen LogP contribution in [-0.4, -0.2) is 38.3 Å². The summed E-state index contributed by atoms with van der Waals surface area (Å²) in [5, 5.41) is 2.34. The van der Waals surface area contributed by atoms with Crippen LogP contribution in [0.2, 0.25) is 0 Å². The molecule has 0 spiro atoms. The van der Waals surface area contributed by atoms with E-state index in [-0.39, 0.29) is 25.2 Å². The molecule has 1 amide bonds. The number of hydroxylamine groups is 1. The second-order valence-corrected chi connectivity index (χ2v) is 8.72. The standard InChI is InChI=1S/C20H19F4N3O4S/c21-17-6-1-2-7-18(17)25-19(28)13-31-26-15-8-10-27(11-9-15)32(29,30)16-5-3-4-14(12-16)20(22,23)24/h1-8,12,26H,9-11,13H2,(H,25,28). The summed E-state index contributed by atoms with van der Waals surface area (Å²) in [6, 6.07) is 9.19. The molecular formula is C20H19F4N3O4S. The number of benzene rings is 2. The lowest BCUT2D eigenvalue weighted by Crippen LogP contribution is -2.37. The van der Waals surface area contributed by atoms with Crippen molar-refractivity contribution < 1.29 is 35.6 Å². The molecule has 7 nitrogen and oxygen atoms in total. The Bertz CT molecular complexity index is 1120. The first kappa shape index (κ1) is 23.7. The fraction of sp³-hybridized carbons (Fsp3) is 0.250. The number of nitrogens with one attached hydrogen (secondary N) is 2. The van der Waals surface area contributed by atoms with Crippen molar-refractivity contribution in [2.45, 2.75) is 17.5 Å². The smallest absolute Gasteiger partial charge is 0.321 e. The number of carbonyl (C=O) groups is 1. The minimum atomic E-state index is -4.65. The van der Waals surface area contributed by atoms with Crippen molar-refractivity contribution >= 4 is 21.6 Å². The van der Waals surface area contributed by atoms with Crippen LogP contribution in [0, 0.1) is 5.82 Å². The highest BCUT2D eigenvalue weighted by atomic mass is 32.2. The van der Waals surface area contributed by atoms with Gasteiger partial charge in [-0.25, -0.2) is 12.8 Å². The van der Waals surface area contributed by atoms with Gasteiger partial charge in [-0.15, -0.1) is 0 Å². The van der Waals surface area contributed by atoms with Gasteiger partial charge >= 0.3 is 6.18 Å². The van der Waals surface area contributed by atoms with Gasteiger partial charge in [-0.2, -0.15) is 17.5 Å². The van der Waals surface area contributed by atoms with Crippen LogP contribution >= 0.6 is 0 Å². The topological polar surface area (TPSA) is 87.7 Å². The van der Waals surface area contributed by atoms with Crippen LogP contribution in [-0.2, 0) is 25.8 Å². The minimum absolute atomic E-state index is 0.00218. The fourth-order valence-corrected chi connectivity index (χ4v) is 4.31. The number of amides is 1. The maximum Gasteiger partial charge on any atom is 0.416 e. The summed E-state index contributed by atoms with van der Waals surface area (Å²) in [4.78, 5) is 16.4. The summed E-state index contributed by atoms with van der Waals surface area (Å²) in [6.45, 7) is -0.522. The van der Waals surface area contributed by atoms with Crippen molar-refractivity contribution in [3.05, 3.63) is 71.7 Å². The van der Waals surface area contributed by atoms with Crippen molar-refractivity contribution in [2.24, 2.45) is 0 Å². The van der Waals surface area contributed by atoms with Crippen molar-refractivity contribution in [1.82, 2.24) is 9.79 Å². The molecule has 0 aliphatic carbocycles. The van der Waals surface area contributed by atoms with Crippen molar-refractivity contribution in [3.63, 3.8) is 0 Å². The normalized spacial score (nSPS) is 15.2. The monoisotopic (exact) mass is 473 g/mol. The first-order valence-corrected chi connectivity index (χ1v) is 10.8. The third kappa shape index (κ3) is 5.84. The average molecular weight is 473 g/mol. The van der Waals surface area contributed by atoms with Gasteiger partial charge in [0.2, 0.25) is 10.0 Å². The molecule has 0 fully saturated rings. The van der Waals surface area contributed by atoms with Gasteiger partial charge in [-0.1, -0.05) is 18.2 Å². The van der Waals surface area contributed by atoms with Gasteiger partial charge in [-0.3, -0.25) is 15.1 Å². The molecule has 0 unspecified atom stereocenters. The molecule has 2 N–H and O–H groups in total. The number of hydrogen-bond donors (Lipinski definition) is 2. The molecule has 0 saturated carbocycles.